The van der Waals surface area contributed by atoms with Crippen LogP contribution < -0.4 is 16.0 Å². The molecule has 1 aromatic heterocycles. The normalized spacial score (nSPS) is 15.4. The van der Waals surface area contributed by atoms with E-state index in [-0.39, 0.29) is 0 Å². The van der Waals surface area contributed by atoms with Gasteiger partial charge in [0, 0.05) is 25.7 Å². The van der Waals surface area contributed by atoms with Crippen LogP contribution in [-0.2, 0) is 0 Å². The van der Waals surface area contributed by atoms with Crippen molar-refractivity contribution >= 4 is 11.6 Å². The van der Waals surface area contributed by atoms with Crippen LogP contribution in [0.15, 0.2) is 12.4 Å². The number of nitrogens with two attached hydrogens (primary N) is 1. The van der Waals surface area contributed by atoms with Gasteiger partial charge < -0.3 is 16.0 Å². The maximum atomic E-state index is 5.46. The summed E-state index contributed by atoms with van der Waals surface area (Å²) < 4.78 is 0. The molecule has 0 amide bonds. The van der Waals surface area contributed by atoms with Crippen LogP contribution in [0.25, 0.3) is 0 Å². The van der Waals surface area contributed by atoms with Crippen molar-refractivity contribution in [3.63, 3.8) is 0 Å². The maximum Gasteiger partial charge on any atom is 0.134 e. The van der Waals surface area contributed by atoms with E-state index in [1.54, 1.807) is 6.33 Å². The summed E-state index contributed by atoms with van der Waals surface area (Å²) in [6.07, 6.45) is 6.46. The molecule has 3 N–H and O–H groups in total. The van der Waals surface area contributed by atoms with Crippen molar-refractivity contribution in [2.75, 3.05) is 30.4 Å². The Labute approximate surface area is 102 Å². The first-order chi connectivity index (χ1) is 8.31. The lowest BCUT2D eigenvalue weighted by atomic mass is 9.92. The second-order valence-corrected chi connectivity index (χ2v) is 4.53. The smallest absolute Gasteiger partial charge is 0.134 e. The van der Waals surface area contributed by atoms with Crippen LogP contribution in [0.5, 0.6) is 0 Å². The van der Waals surface area contributed by atoms with Gasteiger partial charge in [-0.05, 0) is 32.2 Å². The number of hydrogen-bond acceptors (Lipinski definition) is 5. The minimum atomic E-state index is 0.654. The lowest BCUT2D eigenvalue weighted by Gasteiger charge is -2.35. The van der Waals surface area contributed by atoms with Gasteiger partial charge >= 0.3 is 0 Å². The molecule has 1 aliphatic carbocycles. The molecule has 0 bridgehead atoms. The van der Waals surface area contributed by atoms with Crippen LogP contribution in [0.2, 0.25) is 0 Å². The zero-order valence-electron chi connectivity index (χ0n) is 10.4. The first-order valence-corrected chi connectivity index (χ1v) is 6.30. The molecular weight excluding hydrogens is 214 g/mol. The summed E-state index contributed by atoms with van der Waals surface area (Å²) in [4.78, 5) is 10.8. The van der Waals surface area contributed by atoms with Crippen LogP contribution in [0.4, 0.5) is 11.6 Å². The summed E-state index contributed by atoms with van der Waals surface area (Å²) in [6, 6.07) is 2.66. The van der Waals surface area contributed by atoms with Crippen molar-refractivity contribution in [3.8, 4) is 0 Å². The molecule has 2 rings (SSSR count). The van der Waals surface area contributed by atoms with Crippen LogP contribution in [0.3, 0.4) is 0 Å². The molecule has 1 fully saturated rings. The van der Waals surface area contributed by atoms with Gasteiger partial charge in [-0.3, -0.25) is 0 Å². The summed E-state index contributed by atoms with van der Waals surface area (Å²) >= 11 is 0. The Morgan fingerprint density at radius 3 is 2.94 bits per heavy atom. The minimum Gasteiger partial charge on any atom is -0.370 e. The average molecular weight is 235 g/mol. The van der Waals surface area contributed by atoms with Gasteiger partial charge in [0.15, 0.2) is 0 Å². The van der Waals surface area contributed by atoms with Gasteiger partial charge in [0.2, 0.25) is 0 Å². The van der Waals surface area contributed by atoms with E-state index in [0.717, 1.165) is 24.6 Å². The Balaban J connectivity index is 1.95. The lowest BCUT2D eigenvalue weighted by Crippen LogP contribution is -2.37. The Bertz CT molecular complexity index is 351. The third-order valence-electron chi connectivity index (χ3n) is 3.32. The first-order valence-electron chi connectivity index (χ1n) is 6.30. The quantitative estimate of drug-likeness (QED) is 0.726. The number of rotatable bonds is 6. The number of aromatic nitrogens is 2. The fourth-order valence-electron chi connectivity index (χ4n) is 1.92. The largest absolute Gasteiger partial charge is 0.370 e. The highest BCUT2D eigenvalue weighted by molar-refractivity contribution is 5.48. The molecule has 0 radical (unpaired) electrons. The third-order valence-corrected chi connectivity index (χ3v) is 3.32. The summed E-state index contributed by atoms with van der Waals surface area (Å²) in [7, 11) is 2.11. The molecule has 94 valence electrons. The van der Waals surface area contributed by atoms with Gasteiger partial charge in [-0.15, -0.1) is 0 Å². The Hall–Kier alpha value is -1.36. The van der Waals surface area contributed by atoms with E-state index in [4.69, 9.17) is 5.73 Å². The first kappa shape index (κ1) is 12.1. The zero-order chi connectivity index (χ0) is 12.1. The Morgan fingerprint density at radius 2 is 2.29 bits per heavy atom. The molecule has 0 aliphatic heterocycles. The highest BCUT2D eigenvalue weighted by Crippen LogP contribution is 2.27. The molecule has 17 heavy (non-hydrogen) atoms. The molecule has 1 aliphatic rings. The number of hydrogen-bond donors (Lipinski definition) is 2. The van der Waals surface area contributed by atoms with E-state index in [1.165, 1.54) is 19.3 Å². The zero-order valence-corrected chi connectivity index (χ0v) is 10.4. The molecule has 5 nitrogen and oxygen atoms in total. The van der Waals surface area contributed by atoms with E-state index >= 15 is 0 Å². The molecule has 0 unspecified atom stereocenters. The topological polar surface area (TPSA) is 67.1 Å². The molecule has 1 saturated carbocycles. The molecule has 0 atom stereocenters. The van der Waals surface area contributed by atoms with Crippen LogP contribution >= 0.6 is 0 Å². The number of nitrogens with zero attached hydrogens (tertiary/aromatic N) is 3. The fraction of sp³-hybridized carbons (Fsp3) is 0.667. The van der Waals surface area contributed by atoms with E-state index in [2.05, 4.69) is 27.2 Å². The summed E-state index contributed by atoms with van der Waals surface area (Å²) in [5.41, 5.74) is 5.46. The van der Waals surface area contributed by atoms with Crippen molar-refractivity contribution in [2.24, 2.45) is 5.73 Å². The Morgan fingerprint density at radius 1 is 1.47 bits per heavy atom. The monoisotopic (exact) mass is 235 g/mol. The van der Waals surface area contributed by atoms with Gasteiger partial charge in [-0.25, -0.2) is 9.97 Å². The molecule has 1 heterocycles. The molecule has 1 aromatic rings. The van der Waals surface area contributed by atoms with E-state index in [1.807, 2.05) is 6.07 Å². The molecule has 0 saturated heterocycles. The van der Waals surface area contributed by atoms with Crippen molar-refractivity contribution in [1.29, 1.82) is 0 Å². The van der Waals surface area contributed by atoms with E-state index in [0.29, 0.717) is 12.6 Å². The second kappa shape index (κ2) is 5.82. The fourth-order valence-corrected chi connectivity index (χ4v) is 1.92. The number of anilines is 2. The Kier molecular flexibility index (Phi) is 4.14. The standard InChI is InChI=1S/C12H21N5/c1-17(10-4-2-5-10)12-8-11(15-9-16-12)14-7-3-6-13/h8-10H,2-7,13H2,1H3,(H,14,15,16). The SMILES string of the molecule is CN(c1cc(NCCCN)ncn1)C1CCC1. The maximum absolute atomic E-state index is 5.46. The van der Waals surface area contributed by atoms with E-state index in [9.17, 15) is 0 Å². The van der Waals surface area contributed by atoms with Gasteiger partial charge in [-0.2, -0.15) is 0 Å². The van der Waals surface area contributed by atoms with Gasteiger partial charge in [0.1, 0.15) is 18.0 Å². The van der Waals surface area contributed by atoms with Gasteiger partial charge in [-0.1, -0.05) is 0 Å². The number of nitrogens with one attached hydrogen (secondary N) is 1. The molecule has 0 spiro atoms. The molecule has 0 aromatic carbocycles. The minimum absolute atomic E-state index is 0.654. The summed E-state index contributed by atoms with van der Waals surface area (Å²) in [5, 5.41) is 3.26. The van der Waals surface area contributed by atoms with Crippen molar-refractivity contribution < 1.29 is 0 Å². The van der Waals surface area contributed by atoms with Crippen LogP contribution in [0.1, 0.15) is 25.7 Å². The van der Waals surface area contributed by atoms with E-state index < -0.39 is 0 Å². The van der Waals surface area contributed by atoms with Crippen LogP contribution in [0, 0.1) is 0 Å². The van der Waals surface area contributed by atoms with Crippen molar-refractivity contribution in [2.45, 2.75) is 31.7 Å². The van der Waals surface area contributed by atoms with Crippen molar-refractivity contribution in [3.05, 3.63) is 12.4 Å². The lowest BCUT2D eigenvalue weighted by molar-refractivity contribution is 0.399. The predicted molar refractivity (Wildman–Crippen MR) is 70.2 cm³/mol. The summed E-state index contributed by atoms with van der Waals surface area (Å²) in [6.45, 7) is 1.56. The van der Waals surface area contributed by atoms with Gasteiger partial charge in [0.25, 0.3) is 0 Å². The highest BCUT2D eigenvalue weighted by Gasteiger charge is 2.23. The highest BCUT2D eigenvalue weighted by atomic mass is 15.2. The van der Waals surface area contributed by atoms with Gasteiger partial charge in [0.05, 0.1) is 0 Å². The van der Waals surface area contributed by atoms with Crippen LogP contribution in [-0.4, -0.2) is 36.1 Å². The third kappa shape index (κ3) is 3.06. The molecule has 5 heteroatoms. The van der Waals surface area contributed by atoms with Crippen molar-refractivity contribution in [1.82, 2.24) is 9.97 Å². The second-order valence-electron chi connectivity index (χ2n) is 4.53. The predicted octanol–water partition coefficient (Wildman–Crippen LogP) is 1.23. The summed E-state index contributed by atoms with van der Waals surface area (Å²) in [5.74, 6) is 1.88. The average Bonchev–Trinajstić information content (AvgIpc) is 2.27. The molecular formula is C12H21N5.